The molecule has 2 aliphatic heterocycles. The van der Waals surface area contributed by atoms with E-state index in [9.17, 15) is 13.2 Å². The van der Waals surface area contributed by atoms with Gasteiger partial charge in [0, 0.05) is 19.1 Å². The Morgan fingerprint density at radius 3 is 2.57 bits per heavy atom. The lowest BCUT2D eigenvalue weighted by Crippen LogP contribution is -2.49. The number of ether oxygens (including phenoxy) is 1. The zero-order chi connectivity index (χ0) is 20.3. The third kappa shape index (κ3) is 4.67. The van der Waals surface area contributed by atoms with Gasteiger partial charge in [-0.2, -0.15) is 4.31 Å². The SMILES string of the molecule is COc1ccc(C)cc1S(=O)(=O)N1CCC[C@@H](C(=O)NC2CCN(C)CC2)C1. The lowest BCUT2D eigenvalue weighted by molar-refractivity contribution is -0.127. The van der Waals surface area contributed by atoms with Crippen LogP contribution in [0, 0.1) is 12.8 Å². The van der Waals surface area contributed by atoms with Crippen molar-refractivity contribution in [2.24, 2.45) is 5.92 Å². The fraction of sp³-hybridized carbons (Fsp3) is 0.650. The van der Waals surface area contributed by atoms with Gasteiger partial charge in [-0.15, -0.1) is 0 Å². The van der Waals surface area contributed by atoms with Crippen molar-refractivity contribution < 1.29 is 17.9 Å². The molecule has 1 aromatic rings. The first kappa shape index (κ1) is 21.1. The minimum atomic E-state index is -3.71. The highest BCUT2D eigenvalue weighted by Gasteiger charge is 2.35. The van der Waals surface area contributed by atoms with Gasteiger partial charge in [-0.1, -0.05) is 6.07 Å². The molecule has 0 unspecified atom stereocenters. The topological polar surface area (TPSA) is 79.0 Å². The first-order valence-corrected chi connectivity index (χ1v) is 11.4. The van der Waals surface area contributed by atoms with Crippen molar-refractivity contribution in [2.45, 2.75) is 43.5 Å². The maximum absolute atomic E-state index is 13.2. The van der Waals surface area contributed by atoms with E-state index in [-0.39, 0.29) is 29.3 Å². The number of rotatable bonds is 5. The van der Waals surface area contributed by atoms with Crippen LogP contribution in [0.25, 0.3) is 0 Å². The van der Waals surface area contributed by atoms with Crippen LogP contribution in [-0.4, -0.2) is 69.9 Å². The van der Waals surface area contributed by atoms with Crippen molar-refractivity contribution in [3.8, 4) is 5.75 Å². The Hall–Kier alpha value is -1.64. The van der Waals surface area contributed by atoms with Crippen LogP contribution in [-0.2, 0) is 14.8 Å². The molecule has 1 aromatic carbocycles. The number of carbonyl (C=O) groups is 1. The first-order chi connectivity index (χ1) is 13.3. The summed E-state index contributed by atoms with van der Waals surface area (Å²) in [6.45, 7) is 4.45. The smallest absolute Gasteiger partial charge is 0.246 e. The summed E-state index contributed by atoms with van der Waals surface area (Å²) >= 11 is 0. The molecular formula is C20H31N3O4S. The molecule has 7 nitrogen and oxygen atoms in total. The summed E-state index contributed by atoms with van der Waals surface area (Å²) in [7, 11) is -0.158. The summed E-state index contributed by atoms with van der Waals surface area (Å²) in [6.07, 6.45) is 3.28. The van der Waals surface area contributed by atoms with Gasteiger partial charge in [0.2, 0.25) is 15.9 Å². The van der Waals surface area contributed by atoms with Crippen LogP contribution in [0.1, 0.15) is 31.2 Å². The van der Waals surface area contributed by atoms with Crippen LogP contribution in [0.15, 0.2) is 23.1 Å². The number of nitrogens with one attached hydrogen (secondary N) is 1. The van der Waals surface area contributed by atoms with E-state index in [4.69, 9.17) is 4.74 Å². The van der Waals surface area contributed by atoms with E-state index in [0.29, 0.717) is 18.7 Å². The van der Waals surface area contributed by atoms with E-state index < -0.39 is 10.0 Å². The number of nitrogens with zero attached hydrogens (tertiary/aromatic N) is 2. The summed E-state index contributed by atoms with van der Waals surface area (Å²) in [6, 6.07) is 5.33. The highest BCUT2D eigenvalue weighted by atomic mass is 32.2. The lowest BCUT2D eigenvalue weighted by Gasteiger charge is -2.34. The number of hydrogen-bond donors (Lipinski definition) is 1. The second-order valence-electron chi connectivity index (χ2n) is 7.94. The quantitative estimate of drug-likeness (QED) is 0.799. The highest BCUT2D eigenvalue weighted by molar-refractivity contribution is 7.89. The largest absolute Gasteiger partial charge is 0.495 e. The van der Waals surface area contributed by atoms with Crippen molar-refractivity contribution in [2.75, 3.05) is 40.3 Å². The Bertz CT molecular complexity index is 804. The predicted molar refractivity (Wildman–Crippen MR) is 108 cm³/mol. The maximum Gasteiger partial charge on any atom is 0.246 e. The second-order valence-corrected chi connectivity index (χ2v) is 9.85. The number of aryl methyl sites for hydroxylation is 1. The van der Waals surface area contributed by atoms with E-state index >= 15 is 0 Å². The molecule has 0 radical (unpaired) electrons. The van der Waals surface area contributed by atoms with Crippen LogP contribution in [0.5, 0.6) is 5.75 Å². The number of methoxy groups -OCH3 is 1. The summed E-state index contributed by atoms with van der Waals surface area (Å²) in [4.78, 5) is 15.2. The zero-order valence-corrected chi connectivity index (χ0v) is 17.8. The van der Waals surface area contributed by atoms with Crippen LogP contribution in [0.2, 0.25) is 0 Å². The Kier molecular flexibility index (Phi) is 6.62. The average Bonchev–Trinajstić information content (AvgIpc) is 2.69. The van der Waals surface area contributed by atoms with Crippen LogP contribution in [0.3, 0.4) is 0 Å². The fourth-order valence-corrected chi connectivity index (χ4v) is 5.74. The summed E-state index contributed by atoms with van der Waals surface area (Å²) < 4.78 is 33.2. The summed E-state index contributed by atoms with van der Waals surface area (Å²) in [5, 5.41) is 3.14. The van der Waals surface area contributed by atoms with Gasteiger partial charge >= 0.3 is 0 Å². The average molecular weight is 410 g/mol. The normalized spacial score (nSPS) is 22.8. The minimum Gasteiger partial charge on any atom is -0.495 e. The third-order valence-electron chi connectivity index (χ3n) is 5.76. The van der Waals surface area contributed by atoms with Crippen molar-refractivity contribution >= 4 is 15.9 Å². The van der Waals surface area contributed by atoms with Gasteiger partial charge in [0.1, 0.15) is 10.6 Å². The molecule has 3 rings (SSSR count). The fourth-order valence-electron chi connectivity index (χ4n) is 3.97. The zero-order valence-electron chi connectivity index (χ0n) is 17.0. The van der Waals surface area contributed by atoms with Crippen LogP contribution < -0.4 is 10.1 Å². The molecule has 156 valence electrons. The molecule has 0 aliphatic carbocycles. The van der Waals surface area contributed by atoms with Gasteiger partial charge < -0.3 is 15.0 Å². The van der Waals surface area contributed by atoms with Crippen LogP contribution >= 0.6 is 0 Å². The lowest BCUT2D eigenvalue weighted by atomic mass is 9.97. The van der Waals surface area contributed by atoms with E-state index in [2.05, 4.69) is 17.3 Å². The standard InChI is InChI=1S/C20H31N3O4S/c1-15-6-7-18(27-3)19(13-15)28(25,26)23-10-4-5-16(14-23)20(24)21-17-8-11-22(2)12-9-17/h6-7,13,16-17H,4-5,8-12,14H2,1-3H3,(H,21,24)/t16-/m1/s1. The molecule has 0 saturated carbocycles. The summed E-state index contributed by atoms with van der Waals surface area (Å²) in [5.74, 6) is 0.00754. The number of piperidine rings is 2. The summed E-state index contributed by atoms with van der Waals surface area (Å²) in [5.41, 5.74) is 0.855. The van der Waals surface area contributed by atoms with E-state index in [0.717, 1.165) is 37.9 Å². The molecule has 2 fully saturated rings. The predicted octanol–water partition coefficient (Wildman–Crippen LogP) is 1.61. The number of hydrogen-bond acceptors (Lipinski definition) is 5. The van der Waals surface area contributed by atoms with E-state index in [1.54, 1.807) is 12.1 Å². The molecule has 1 amide bonds. The maximum atomic E-state index is 13.2. The van der Waals surface area contributed by atoms with Gasteiger partial charge in [-0.25, -0.2) is 8.42 Å². The van der Waals surface area contributed by atoms with Gasteiger partial charge in [0.05, 0.1) is 13.0 Å². The van der Waals surface area contributed by atoms with Crippen molar-refractivity contribution in [1.29, 1.82) is 0 Å². The Balaban J connectivity index is 1.70. The Morgan fingerprint density at radius 1 is 1.18 bits per heavy atom. The number of sulfonamides is 1. The van der Waals surface area contributed by atoms with E-state index in [1.165, 1.54) is 11.4 Å². The molecule has 0 bridgehead atoms. The molecule has 2 saturated heterocycles. The molecule has 0 aromatic heterocycles. The number of carbonyl (C=O) groups excluding carboxylic acids is 1. The van der Waals surface area contributed by atoms with Crippen molar-refractivity contribution in [3.05, 3.63) is 23.8 Å². The van der Waals surface area contributed by atoms with Gasteiger partial charge in [0.25, 0.3) is 0 Å². The molecule has 0 spiro atoms. The highest BCUT2D eigenvalue weighted by Crippen LogP contribution is 2.30. The van der Waals surface area contributed by atoms with Crippen molar-refractivity contribution in [3.63, 3.8) is 0 Å². The number of amides is 1. The Labute approximate surface area is 168 Å². The van der Waals surface area contributed by atoms with E-state index in [1.807, 2.05) is 13.0 Å². The first-order valence-electron chi connectivity index (χ1n) is 9.95. The molecule has 2 heterocycles. The molecular weight excluding hydrogens is 378 g/mol. The molecule has 8 heteroatoms. The number of benzene rings is 1. The minimum absolute atomic E-state index is 0.0225. The monoisotopic (exact) mass is 409 g/mol. The van der Waals surface area contributed by atoms with Gasteiger partial charge in [-0.3, -0.25) is 4.79 Å². The van der Waals surface area contributed by atoms with Crippen molar-refractivity contribution in [1.82, 2.24) is 14.5 Å². The number of likely N-dealkylation sites (tertiary alicyclic amines) is 1. The van der Waals surface area contributed by atoms with Crippen LogP contribution in [0.4, 0.5) is 0 Å². The Morgan fingerprint density at radius 2 is 1.89 bits per heavy atom. The second kappa shape index (κ2) is 8.80. The molecule has 1 N–H and O–H groups in total. The van der Waals surface area contributed by atoms with Gasteiger partial charge in [0.15, 0.2) is 0 Å². The molecule has 2 aliphatic rings. The van der Waals surface area contributed by atoms with Gasteiger partial charge in [-0.05, 0) is 70.4 Å². The molecule has 1 atom stereocenters. The molecule has 28 heavy (non-hydrogen) atoms. The third-order valence-corrected chi connectivity index (χ3v) is 7.64.